The maximum atomic E-state index is 12.3. The van der Waals surface area contributed by atoms with Crippen LogP contribution in [0.1, 0.15) is 19.3 Å². The van der Waals surface area contributed by atoms with E-state index in [2.05, 4.69) is 15.1 Å². The van der Waals surface area contributed by atoms with E-state index in [-0.39, 0.29) is 31.7 Å². The molecule has 3 N–H and O–H groups in total. The Bertz CT molecular complexity index is 683. The number of carbonyl (C=O) groups is 3. The number of urea groups is 1. The molecule has 2 bridgehead atoms. The summed E-state index contributed by atoms with van der Waals surface area (Å²) in [6.45, 7) is 0.775. The summed E-state index contributed by atoms with van der Waals surface area (Å²) in [7, 11) is -4.83. The van der Waals surface area contributed by atoms with Gasteiger partial charge < -0.3 is 10.2 Å². The number of piperidine rings is 2. The molecule has 3 aliphatic rings. The highest BCUT2D eigenvalue weighted by Gasteiger charge is 2.49. The van der Waals surface area contributed by atoms with E-state index in [4.69, 9.17) is 9.39 Å². The molecule has 0 radical (unpaired) electrons. The normalized spacial score (nSPS) is 29.9. The van der Waals surface area contributed by atoms with Crippen molar-refractivity contribution >= 4 is 28.1 Å². The Morgan fingerprint density at radius 3 is 2.76 bits per heavy atom. The van der Waals surface area contributed by atoms with Gasteiger partial charge in [-0.05, 0) is 12.8 Å². The van der Waals surface area contributed by atoms with Crippen LogP contribution in [0.4, 0.5) is 4.79 Å². The molecule has 0 saturated carbocycles. The average Bonchev–Trinajstić information content (AvgIpc) is 2.76. The number of fused-ring (bicyclic) bond motifs is 2. The number of amides is 3. The monoisotopic (exact) mass is 378 g/mol. The SMILES string of the molecule is O=C1CNCC(ONC(=O)[C@@H]2CC[C@@H]3CN2C(=O)N3OS(=O)(=O)O)C1. The molecule has 3 amide bonds. The summed E-state index contributed by atoms with van der Waals surface area (Å²) in [5, 5.41) is 3.42. The summed E-state index contributed by atoms with van der Waals surface area (Å²) in [5.41, 5.74) is 2.26. The largest absolute Gasteiger partial charge is 0.418 e. The predicted molar refractivity (Wildman–Crippen MR) is 78.9 cm³/mol. The fourth-order valence-electron chi connectivity index (χ4n) is 3.17. The van der Waals surface area contributed by atoms with Gasteiger partial charge >= 0.3 is 16.4 Å². The summed E-state index contributed by atoms with van der Waals surface area (Å²) in [6, 6.07) is -2.25. The van der Waals surface area contributed by atoms with Crippen LogP contribution >= 0.6 is 0 Å². The Morgan fingerprint density at radius 1 is 1.32 bits per heavy atom. The molecule has 3 heterocycles. The number of carbonyl (C=O) groups excluding carboxylic acids is 3. The van der Waals surface area contributed by atoms with E-state index >= 15 is 0 Å². The van der Waals surface area contributed by atoms with Gasteiger partial charge in [-0.2, -0.15) is 13.5 Å². The minimum Gasteiger partial charge on any atom is -0.309 e. The van der Waals surface area contributed by atoms with Gasteiger partial charge in [0.05, 0.1) is 12.6 Å². The van der Waals surface area contributed by atoms with Crippen molar-refractivity contribution in [3.63, 3.8) is 0 Å². The molecular weight excluding hydrogens is 360 g/mol. The Balaban J connectivity index is 1.57. The first-order valence-corrected chi connectivity index (χ1v) is 9.06. The second-order valence-electron chi connectivity index (χ2n) is 6.09. The van der Waals surface area contributed by atoms with E-state index in [1.807, 2.05) is 0 Å². The second kappa shape index (κ2) is 6.84. The summed E-state index contributed by atoms with van der Waals surface area (Å²) in [6.07, 6.45) is 0.284. The van der Waals surface area contributed by atoms with Crippen LogP contribution in [0.15, 0.2) is 0 Å². The predicted octanol–water partition coefficient (Wildman–Crippen LogP) is -2.03. The van der Waals surface area contributed by atoms with Crippen LogP contribution in [0.2, 0.25) is 0 Å². The van der Waals surface area contributed by atoms with Gasteiger partial charge in [-0.25, -0.2) is 10.3 Å². The lowest BCUT2D eigenvalue weighted by atomic mass is 10.0. The summed E-state index contributed by atoms with van der Waals surface area (Å²) in [5.74, 6) is -0.600. The van der Waals surface area contributed by atoms with Crippen LogP contribution < -0.4 is 10.8 Å². The minimum absolute atomic E-state index is 0.0290. The van der Waals surface area contributed by atoms with E-state index in [1.165, 1.54) is 0 Å². The van der Waals surface area contributed by atoms with Crippen LogP contribution in [0.25, 0.3) is 0 Å². The molecule has 3 saturated heterocycles. The quantitative estimate of drug-likeness (QED) is 0.363. The maximum absolute atomic E-state index is 12.3. The minimum atomic E-state index is -4.83. The van der Waals surface area contributed by atoms with Gasteiger partial charge in [0, 0.05) is 19.5 Å². The van der Waals surface area contributed by atoms with Gasteiger partial charge in [0.25, 0.3) is 5.91 Å². The highest BCUT2D eigenvalue weighted by molar-refractivity contribution is 7.80. The molecule has 0 spiro atoms. The lowest BCUT2D eigenvalue weighted by Crippen LogP contribution is -2.51. The molecule has 12 nitrogen and oxygen atoms in total. The molecule has 3 aliphatic heterocycles. The number of hydroxylamine groups is 3. The molecule has 25 heavy (non-hydrogen) atoms. The first-order chi connectivity index (χ1) is 11.7. The third-order valence-corrected chi connectivity index (χ3v) is 4.62. The molecule has 0 aromatic carbocycles. The van der Waals surface area contributed by atoms with Crippen molar-refractivity contribution in [1.29, 1.82) is 0 Å². The zero-order valence-electron chi connectivity index (χ0n) is 13.1. The fourth-order valence-corrected chi connectivity index (χ4v) is 3.56. The third kappa shape index (κ3) is 4.07. The van der Waals surface area contributed by atoms with Crippen molar-refractivity contribution in [2.75, 3.05) is 19.6 Å². The number of hydrogen-bond acceptors (Lipinski definition) is 8. The van der Waals surface area contributed by atoms with Crippen LogP contribution in [0, 0.1) is 0 Å². The Morgan fingerprint density at radius 2 is 2.08 bits per heavy atom. The van der Waals surface area contributed by atoms with Gasteiger partial charge in [0.1, 0.15) is 17.9 Å². The molecule has 3 rings (SSSR count). The number of Topliss-reactive ketones (excluding diaryl/α,β-unsaturated/α-hetero) is 1. The van der Waals surface area contributed by atoms with Crippen molar-refractivity contribution in [1.82, 2.24) is 20.8 Å². The topological polar surface area (TPSA) is 155 Å². The van der Waals surface area contributed by atoms with Crippen LogP contribution in [-0.2, 0) is 29.1 Å². The smallest absolute Gasteiger partial charge is 0.309 e. The summed E-state index contributed by atoms with van der Waals surface area (Å²) < 4.78 is 34.7. The van der Waals surface area contributed by atoms with Crippen molar-refractivity contribution in [2.45, 2.75) is 37.5 Å². The Labute approximate surface area is 143 Å². The molecular formula is C12H18N4O8S. The van der Waals surface area contributed by atoms with Crippen molar-refractivity contribution in [3.05, 3.63) is 0 Å². The van der Waals surface area contributed by atoms with Gasteiger partial charge in [0.15, 0.2) is 0 Å². The molecule has 1 unspecified atom stereocenters. The lowest BCUT2D eigenvalue weighted by molar-refractivity contribution is -0.147. The number of ketones is 1. The molecule has 140 valence electrons. The summed E-state index contributed by atoms with van der Waals surface area (Å²) >= 11 is 0. The van der Waals surface area contributed by atoms with E-state index in [0.29, 0.717) is 18.0 Å². The molecule has 3 fully saturated rings. The maximum Gasteiger partial charge on any atom is 0.418 e. The molecule has 0 aliphatic carbocycles. The summed E-state index contributed by atoms with van der Waals surface area (Å²) in [4.78, 5) is 42.2. The Hall–Kier alpha value is -1.80. The van der Waals surface area contributed by atoms with Crippen LogP contribution in [-0.4, -0.2) is 78.5 Å². The highest BCUT2D eigenvalue weighted by atomic mass is 32.3. The fraction of sp³-hybridized carbons (Fsp3) is 0.750. The molecule has 3 atom stereocenters. The van der Waals surface area contributed by atoms with E-state index in [1.54, 1.807) is 0 Å². The zero-order chi connectivity index (χ0) is 18.2. The number of nitrogens with one attached hydrogen (secondary N) is 2. The van der Waals surface area contributed by atoms with Gasteiger partial charge in [-0.15, -0.1) is 4.28 Å². The molecule has 0 aromatic rings. The average molecular weight is 378 g/mol. The lowest BCUT2D eigenvalue weighted by Gasteiger charge is -2.30. The standard InChI is InChI=1S/C12H18N4O8S/c17-8-3-9(5-13-4-8)23-14-11(18)10-2-1-7-6-15(10)12(19)16(7)24-25(20,21)22/h7,9-10,13H,1-6H2,(H,14,18)(H,20,21,22)/t7-,9?,10+/m1/s1. The van der Waals surface area contributed by atoms with Gasteiger partial charge in [0.2, 0.25) is 0 Å². The first kappa shape index (κ1) is 18.0. The first-order valence-electron chi connectivity index (χ1n) is 7.69. The second-order valence-corrected chi connectivity index (χ2v) is 7.09. The van der Waals surface area contributed by atoms with Crippen molar-refractivity contribution in [2.24, 2.45) is 0 Å². The number of hydrogen-bond donors (Lipinski definition) is 3. The number of nitrogens with zero attached hydrogens (tertiary/aromatic N) is 2. The van der Waals surface area contributed by atoms with Crippen molar-refractivity contribution in [3.8, 4) is 0 Å². The van der Waals surface area contributed by atoms with Gasteiger partial charge in [-0.3, -0.25) is 19.0 Å². The molecule has 0 aromatic heterocycles. The van der Waals surface area contributed by atoms with Crippen LogP contribution in [0.5, 0.6) is 0 Å². The third-order valence-electron chi connectivity index (χ3n) is 4.28. The van der Waals surface area contributed by atoms with E-state index in [0.717, 1.165) is 4.90 Å². The Kier molecular flexibility index (Phi) is 4.92. The van der Waals surface area contributed by atoms with Crippen molar-refractivity contribution < 1.29 is 36.5 Å². The van der Waals surface area contributed by atoms with E-state index < -0.39 is 40.5 Å². The highest BCUT2D eigenvalue weighted by Crippen LogP contribution is 2.30. The zero-order valence-corrected chi connectivity index (χ0v) is 13.9. The number of rotatable bonds is 5. The van der Waals surface area contributed by atoms with Crippen LogP contribution in [0.3, 0.4) is 0 Å². The molecule has 13 heteroatoms. The van der Waals surface area contributed by atoms with Gasteiger partial charge in [-0.1, -0.05) is 0 Å². The van der Waals surface area contributed by atoms with E-state index in [9.17, 15) is 22.8 Å².